The second-order valence-electron chi connectivity index (χ2n) is 3.74. The molecule has 1 heterocycles. The largest absolute Gasteiger partial charge is 0.478 e. The zero-order valence-corrected chi connectivity index (χ0v) is 13.2. The molecule has 112 valence electrons. The summed E-state index contributed by atoms with van der Waals surface area (Å²) in [5.41, 5.74) is -0.328. The minimum absolute atomic E-state index is 0.0837. The summed E-state index contributed by atoms with van der Waals surface area (Å²) in [6, 6.07) is 2.17. The van der Waals surface area contributed by atoms with Gasteiger partial charge in [-0.25, -0.2) is 17.9 Å². The molecule has 0 saturated heterocycles. The van der Waals surface area contributed by atoms with Crippen molar-refractivity contribution >= 4 is 43.5 Å². The number of rotatable bonds is 5. The van der Waals surface area contributed by atoms with E-state index in [1.165, 1.54) is 6.07 Å². The first kappa shape index (κ1) is 15.9. The number of nitrogens with one attached hydrogen (secondary N) is 1. The smallest absolute Gasteiger partial charge is 0.337 e. The first-order chi connectivity index (χ1) is 9.81. The second-order valence-corrected chi connectivity index (χ2v) is 6.74. The van der Waals surface area contributed by atoms with Gasteiger partial charge in [0.25, 0.3) is 0 Å². The standard InChI is InChI=1S/C10H7BrClN3O5S/c11-7-2-5(1-6(9(7)12)10(16)17)21(18,19)14-3-8-13-4-20-15-8/h1-2,4,14H,3H2,(H,16,17). The molecule has 2 rings (SSSR count). The number of carboxylic acid groups (broad SMARTS) is 1. The fourth-order valence-electron chi connectivity index (χ4n) is 1.39. The van der Waals surface area contributed by atoms with Gasteiger partial charge in [-0.1, -0.05) is 16.8 Å². The van der Waals surface area contributed by atoms with Crippen molar-refractivity contribution in [2.45, 2.75) is 11.4 Å². The third-order valence-corrected chi connectivity index (χ3v) is 5.01. The minimum atomic E-state index is -3.96. The fraction of sp³-hybridized carbons (Fsp3) is 0.100. The summed E-state index contributed by atoms with van der Waals surface area (Å²) < 4.78 is 31.1. The molecule has 1 aromatic carbocycles. The molecule has 1 aromatic heterocycles. The van der Waals surface area contributed by atoms with E-state index in [0.29, 0.717) is 0 Å². The van der Waals surface area contributed by atoms with Crippen molar-refractivity contribution in [1.29, 1.82) is 0 Å². The van der Waals surface area contributed by atoms with Crippen LogP contribution >= 0.6 is 27.5 Å². The molecule has 0 fully saturated rings. The molecule has 0 aliphatic heterocycles. The van der Waals surface area contributed by atoms with E-state index >= 15 is 0 Å². The van der Waals surface area contributed by atoms with Crippen LogP contribution in [-0.4, -0.2) is 29.6 Å². The van der Waals surface area contributed by atoms with E-state index in [2.05, 4.69) is 35.3 Å². The van der Waals surface area contributed by atoms with Gasteiger partial charge in [-0.05, 0) is 28.1 Å². The van der Waals surface area contributed by atoms with E-state index in [0.717, 1.165) is 12.5 Å². The van der Waals surface area contributed by atoms with Crippen LogP contribution < -0.4 is 4.72 Å². The van der Waals surface area contributed by atoms with Crippen LogP contribution in [0.1, 0.15) is 16.2 Å². The molecule has 0 radical (unpaired) electrons. The first-order valence-corrected chi connectivity index (χ1v) is 7.94. The van der Waals surface area contributed by atoms with Gasteiger partial charge in [0.1, 0.15) is 0 Å². The summed E-state index contributed by atoms with van der Waals surface area (Å²) in [7, 11) is -3.96. The molecule has 0 aliphatic carbocycles. The Morgan fingerprint density at radius 3 is 2.76 bits per heavy atom. The third-order valence-electron chi connectivity index (χ3n) is 2.37. The van der Waals surface area contributed by atoms with Crippen LogP contribution in [0.15, 0.2) is 32.4 Å². The number of sulfonamides is 1. The molecule has 0 saturated carbocycles. The van der Waals surface area contributed by atoms with Crippen molar-refractivity contribution in [1.82, 2.24) is 14.9 Å². The highest BCUT2D eigenvalue weighted by atomic mass is 79.9. The van der Waals surface area contributed by atoms with Gasteiger partial charge in [-0.15, -0.1) is 0 Å². The van der Waals surface area contributed by atoms with E-state index in [1.807, 2.05) is 0 Å². The molecule has 0 bridgehead atoms. The normalized spacial score (nSPS) is 11.5. The first-order valence-electron chi connectivity index (χ1n) is 5.28. The summed E-state index contributed by atoms with van der Waals surface area (Å²) in [6.45, 7) is -0.193. The molecule has 21 heavy (non-hydrogen) atoms. The van der Waals surface area contributed by atoms with E-state index < -0.39 is 16.0 Å². The van der Waals surface area contributed by atoms with Crippen LogP contribution in [0.5, 0.6) is 0 Å². The van der Waals surface area contributed by atoms with Crippen molar-refractivity contribution in [3.8, 4) is 0 Å². The predicted octanol–water partition coefficient (Wildman–Crippen LogP) is 1.66. The molecule has 2 N–H and O–H groups in total. The second kappa shape index (κ2) is 6.10. The fourth-order valence-corrected chi connectivity index (χ4v) is 3.22. The van der Waals surface area contributed by atoms with Crippen LogP contribution in [0.2, 0.25) is 5.02 Å². The van der Waals surface area contributed by atoms with Crippen LogP contribution in [-0.2, 0) is 16.6 Å². The maximum Gasteiger partial charge on any atom is 0.337 e. The maximum absolute atomic E-state index is 12.1. The van der Waals surface area contributed by atoms with Crippen LogP contribution in [0.3, 0.4) is 0 Å². The van der Waals surface area contributed by atoms with Gasteiger partial charge in [-0.3, -0.25) is 0 Å². The lowest BCUT2D eigenvalue weighted by atomic mass is 10.2. The maximum atomic E-state index is 12.1. The van der Waals surface area contributed by atoms with Crippen LogP contribution in [0, 0.1) is 0 Å². The van der Waals surface area contributed by atoms with Crippen molar-refractivity contribution in [2.75, 3.05) is 0 Å². The van der Waals surface area contributed by atoms with E-state index in [1.54, 1.807) is 0 Å². The molecule has 2 aromatic rings. The molecule has 0 atom stereocenters. The SMILES string of the molecule is O=C(O)c1cc(S(=O)(=O)NCc2ncon2)cc(Br)c1Cl. The average molecular weight is 397 g/mol. The van der Waals surface area contributed by atoms with Crippen LogP contribution in [0.25, 0.3) is 0 Å². The Bertz CT molecular complexity index is 778. The minimum Gasteiger partial charge on any atom is -0.478 e. The highest BCUT2D eigenvalue weighted by Crippen LogP contribution is 2.29. The highest BCUT2D eigenvalue weighted by molar-refractivity contribution is 9.10. The topological polar surface area (TPSA) is 122 Å². The predicted molar refractivity (Wildman–Crippen MR) is 74.4 cm³/mol. The Hall–Kier alpha value is -1.49. The van der Waals surface area contributed by atoms with Gasteiger partial charge in [0, 0.05) is 4.47 Å². The lowest BCUT2D eigenvalue weighted by Gasteiger charge is -2.08. The Morgan fingerprint density at radius 1 is 1.48 bits per heavy atom. The van der Waals surface area contributed by atoms with E-state index in [9.17, 15) is 13.2 Å². The lowest BCUT2D eigenvalue weighted by molar-refractivity contribution is 0.0696. The molecule has 0 amide bonds. The molecule has 0 unspecified atom stereocenters. The van der Waals surface area contributed by atoms with Gasteiger partial charge in [0.15, 0.2) is 5.82 Å². The number of aromatic nitrogens is 2. The van der Waals surface area contributed by atoms with Crippen LogP contribution in [0.4, 0.5) is 0 Å². The number of halogens is 2. The number of hydrogen-bond acceptors (Lipinski definition) is 6. The van der Waals surface area contributed by atoms with Gasteiger partial charge >= 0.3 is 5.97 Å². The Kier molecular flexibility index (Phi) is 4.61. The molecule has 8 nitrogen and oxygen atoms in total. The summed E-state index contributed by atoms with van der Waals surface area (Å²) in [4.78, 5) is 14.5. The van der Waals surface area contributed by atoms with Crippen molar-refractivity contribution in [2.24, 2.45) is 0 Å². The van der Waals surface area contributed by atoms with Crippen molar-refractivity contribution < 1.29 is 22.8 Å². The van der Waals surface area contributed by atoms with E-state index in [4.69, 9.17) is 16.7 Å². The monoisotopic (exact) mass is 395 g/mol. The van der Waals surface area contributed by atoms with Gasteiger partial charge in [0.2, 0.25) is 16.4 Å². The van der Waals surface area contributed by atoms with Gasteiger partial charge in [0.05, 0.1) is 22.0 Å². The zero-order chi connectivity index (χ0) is 15.6. The number of hydrogen-bond donors (Lipinski definition) is 2. The quantitative estimate of drug-likeness (QED) is 0.788. The Balaban J connectivity index is 2.33. The molecule has 11 heteroatoms. The van der Waals surface area contributed by atoms with Crippen molar-refractivity contribution in [3.05, 3.63) is 39.4 Å². The van der Waals surface area contributed by atoms with E-state index in [-0.39, 0.29) is 32.3 Å². The Morgan fingerprint density at radius 2 is 2.19 bits per heavy atom. The number of aromatic carboxylic acids is 1. The average Bonchev–Trinajstić information content (AvgIpc) is 2.92. The molecule has 0 spiro atoms. The number of carboxylic acids is 1. The number of nitrogens with zero attached hydrogens (tertiary/aromatic N) is 2. The zero-order valence-electron chi connectivity index (χ0n) is 10.1. The number of benzene rings is 1. The third kappa shape index (κ3) is 3.59. The summed E-state index contributed by atoms with van der Waals surface area (Å²) in [6.07, 6.45) is 1.06. The number of carbonyl (C=O) groups is 1. The van der Waals surface area contributed by atoms with Crippen molar-refractivity contribution in [3.63, 3.8) is 0 Å². The van der Waals surface area contributed by atoms with Gasteiger partial charge in [-0.2, -0.15) is 4.98 Å². The molecular formula is C10H7BrClN3O5S. The van der Waals surface area contributed by atoms with Gasteiger partial charge < -0.3 is 9.63 Å². The summed E-state index contributed by atoms with van der Waals surface area (Å²) in [5.74, 6) is -1.19. The highest BCUT2D eigenvalue weighted by Gasteiger charge is 2.21. The summed E-state index contributed by atoms with van der Waals surface area (Å²) >= 11 is 8.81. The summed E-state index contributed by atoms with van der Waals surface area (Å²) in [5, 5.41) is 12.4. The molecular weight excluding hydrogens is 390 g/mol. The lowest BCUT2D eigenvalue weighted by Crippen LogP contribution is -2.24. The Labute approximate surface area is 132 Å². The molecule has 0 aliphatic rings.